The number of alkyl carbamates (subject to hydrolysis) is 1. The molecule has 162 valence electrons. The molecule has 1 N–H and O–H groups in total. The third kappa shape index (κ3) is 4.32. The van der Waals surface area contributed by atoms with Crippen LogP contribution in [0.5, 0.6) is 0 Å². The SMILES string of the molecule is N#CC1(NC(=O)O[C@H]2C[C@@H](S(=O)(=O)c3ccccc3Cl)CN2C(=O)C(F)(F)F)CC1. The molecule has 0 radical (unpaired) electrons. The van der Waals surface area contributed by atoms with Crippen LogP contribution in [0.1, 0.15) is 19.3 Å². The molecule has 0 spiro atoms. The van der Waals surface area contributed by atoms with Gasteiger partial charge in [0.25, 0.3) is 0 Å². The van der Waals surface area contributed by atoms with E-state index in [-0.39, 0.29) is 14.8 Å². The van der Waals surface area contributed by atoms with Crippen molar-refractivity contribution in [3.63, 3.8) is 0 Å². The van der Waals surface area contributed by atoms with Crippen LogP contribution in [0.15, 0.2) is 29.2 Å². The molecule has 3 rings (SSSR count). The second-order valence-corrected chi connectivity index (χ2v) is 9.57. The lowest BCUT2D eigenvalue weighted by molar-refractivity contribution is -0.191. The highest BCUT2D eigenvalue weighted by molar-refractivity contribution is 7.92. The molecule has 1 aliphatic heterocycles. The van der Waals surface area contributed by atoms with E-state index in [1.165, 1.54) is 24.3 Å². The first kappa shape index (κ1) is 22.2. The molecule has 1 aromatic carbocycles. The first-order valence-corrected chi connectivity index (χ1v) is 10.6. The van der Waals surface area contributed by atoms with Crippen LogP contribution < -0.4 is 5.32 Å². The molecule has 2 fully saturated rings. The Kier molecular flexibility index (Phi) is 5.64. The maximum Gasteiger partial charge on any atom is 0.471 e. The van der Waals surface area contributed by atoms with Gasteiger partial charge in [0.2, 0.25) is 0 Å². The van der Waals surface area contributed by atoms with Crippen molar-refractivity contribution in [1.29, 1.82) is 5.26 Å². The van der Waals surface area contributed by atoms with Gasteiger partial charge < -0.3 is 10.1 Å². The Morgan fingerprint density at radius 3 is 2.47 bits per heavy atom. The third-order valence-electron chi connectivity index (χ3n) is 4.85. The maximum absolute atomic E-state index is 13.0. The molecule has 0 aromatic heterocycles. The Morgan fingerprint density at radius 2 is 1.93 bits per heavy atom. The van der Waals surface area contributed by atoms with E-state index in [1.807, 2.05) is 6.07 Å². The van der Waals surface area contributed by atoms with Gasteiger partial charge in [-0.2, -0.15) is 18.4 Å². The number of carbonyl (C=O) groups excluding carboxylic acids is 2. The number of amides is 2. The average molecular weight is 466 g/mol. The molecule has 1 saturated carbocycles. The number of hydrogen-bond acceptors (Lipinski definition) is 6. The first-order valence-electron chi connectivity index (χ1n) is 8.66. The summed E-state index contributed by atoms with van der Waals surface area (Å²) in [5.41, 5.74) is -1.16. The number of hydrogen-bond donors (Lipinski definition) is 1. The van der Waals surface area contributed by atoms with Crippen molar-refractivity contribution in [3.8, 4) is 6.07 Å². The van der Waals surface area contributed by atoms with Crippen molar-refractivity contribution >= 4 is 33.4 Å². The van der Waals surface area contributed by atoms with E-state index < -0.39 is 58.0 Å². The molecule has 8 nitrogen and oxygen atoms in total. The van der Waals surface area contributed by atoms with Gasteiger partial charge in [0, 0.05) is 13.0 Å². The van der Waals surface area contributed by atoms with E-state index in [0.29, 0.717) is 12.8 Å². The molecule has 0 bridgehead atoms. The highest BCUT2D eigenvalue weighted by Gasteiger charge is 2.53. The molecule has 13 heteroatoms. The summed E-state index contributed by atoms with van der Waals surface area (Å²) in [5.74, 6) is -2.33. The van der Waals surface area contributed by atoms with Gasteiger partial charge in [0.1, 0.15) is 5.54 Å². The molecule has 2 aliphatic rings. The zero-order chi connectivity index (χ0) is 22.3. The number of rotatable bonds is 4. The van der Waals surface area contributed by atoms with Crippen molar-refractivity contribution in [1.82, 2.24) is 10.2 Å². The molecular formula is C17H15ClF3N3O5S. The summed E-state index contributed by atoms with van der Waals surface area (Å²) in [6.07, 6.45) is -8.19. The lowest BCUT2D eigenvalue weighted by atomic mass is 10.3. The predicted molar refractivity (Wildman–Crippen MR) is 95.8 cm³/mol. The lowest BCUT2D eigenvalue weighted by Gasteiger charge is -2.25. The number of carbonyl (C=O) groups is 2. The lowest BCUT2D eigenvalue weighted by Crippen LogP contribution is -2.47. The van der Waals surface area contributed by atoms with Crippen molar-refractivity contribution in [3.05, 3.63) is 29.3 Å². The van der Waals surface area contributed by atoms with E-state index >= 15 is 0 Å². The molecule has 30 heavy (non-hydrogen) atoms. The number of alkyl halides is 3. The van der Waals surface area contributed by atoms with Gasteiger partial charge in [-0.05, 0) is 25.0 Å². The second-order valence-electron chi connectivity index (χ2n) is 6.97. The Bertz CT molecular complexity index is 1020. The van der Waals surface area contributed by atoms with E-state index in [9.17, 15) is 31.2 Å². The normalized spacial score (nSPS) is 22.8. The number of sulfone groups is 1. The largest absolute Gasteiger partial charge is 0.471 e. The maximum atomic E-state index is 13.0. The third-order valence-corrected chi connectivity index (χ3v) is 7.48. The van der Waals surface area contributed by atoms with Gasteiger partial charge in [-0.15, -0.1) is 0 Å². The summed E-state index contributed by atoms with van der Waals surface area (Å²) < 4.78 is 69.7. The number of ether oxygens (including phenoxy) is 1. The minimum absolute atomic E-state index is 0.127. The Morgan fingerprint density at radius 1 is 1.30 bits per heavy atom. The van der Waals surface area contributed by atoms with Gasteiger partial charge in [-0.3, -0.25) is 9.69 Å². The van der Waals surface area contributed by atoms with Crippen molar-refractivity contribution in [2.24, 2.45) is 0 Å². The second kappa shape index (κ2) is 7.63. The minimum Gasteiger partial charge on any atom is -0.425 e. The Hall–Kier alpha value is -2.52. The highest BCUT2D eigenvalue weighted by Crippen LogP contribution is 2.36. The Balaban J connectivity index is 1.85. The molecule has 1 heterocycles. The Labute approximate surface area is 174 Å². The van der Waals surface area contributed by atoms with Crippen LogP contribution in [0.2, 0.25) is 5.02 Å². The summed E-state index contributed by atoms with van der Waals surface area (Å²) in [5, 5.41) is 9.61. The number of nitriles is 1. The van der Waals surface area contributed by atoms with Crippen LogP contribution >= 0.6 is 11.6 Å². The van der Waals surface area contributed by atoms with Gasteiger partial charge in [-0.25, -0.2) is 13.2 Å². The van der Waals surface area contributed by atoms with Crippen LogP contribution in [-0.2, 0) is 19.4 Å². The molecule has 2 atom stereocenters. The summed E-state index contributed by atoms with van der Waals surface area (Å²) in [4.78, 5) is 23.7. The van der Waals surface area contributed by atoms with Crippen LogP contribution in [-0.4, -0.2) is 55.1 Å². The number of nitrogens with one attached hydrogen (secondary N) is 1. The molecule has 1 aromatic rings. The summed E-state index contributed by atoms with van der Waals surface area (Å²) in [6.45, 7) is -0.840. The molecule has 1 aliphatic carbocycles. The smallest absolute Gasteiger partial charge is 0.425 e. The highest BCUT2D eigenvalue weighted by atomic mass is 35.5. The standard InChI is InChI=1S/C17H15ClF3N3O5S/c18-11-3-1-2-4-12(11)30(27,28)10-7-13(24(8-10)14(25)17(19,20)21)29-15(26)23-16(9-22)5-6-16/h1-4,10,13H,5-8H2,(H,23,26)/t10-,13+/m1/s1. The van der Waals surface area contributed by atoms with E-state index in [1.54, 1.807) is 0 Å². The van der Waals surface area contributed by atoms with Gasteiger partial charge in [-0.1, -0.05) is 23.7 Å². The van der Waals surface area contributed by atoms with Crippen molar-refractivity contribution < 1.29 is 35.9 Å². The fraction of sp³-hybridized carbons (Fsp3) is 0.471. The average Bonchev–Trinajstić information content (AvgIpc) is 3.30. The number of halogens is 4. The summed E-state index contributed by atoms with van der Waals surface area (Å²) >= 11 is 5.91. The molecule has 1 saturated heterocycles. The zero-order valence-corrected chi connectivity index (χ0v) is 16.7. The predicted octanol–water partition coefficient (Wildman–Crippen LogP) is 2.39. The van der Waals surface area contributed by atoms with Crippen LogP contribution in [0.4, 0.5) is 18.0 Å². The van der Waals surface area contributed by atoms with E-state index in [4.69, 9.17) is 21.6 Å². The van der Waals surface area contributed by atoms with Crippen molar-refractivity contribution in [2.75, 3.05) is 6.54 Å². The van der Waals surface area contributed by atoms with Gasteiger partial charge >= 0.3 is 18.2 Å². The summed E-state index contributed by atoms with van der Waals surface area (Å²) in [6, 6.07) is 7.22. The quantitative estimate of drug-likeness (QED) is 0.729. The molecule has 0 unspecified atom stereocenters. The minimum atomic E-state index is -5.30. The number of nitrogens with zero attached hydrogens (tertiary/aromatic N) is 2. The van der Waals surface area contributed by atoms with Crippen LogP contribution in [0.3, 0.4) is 0 Å². The number of likely N-dealkylation sites (tertiary alicyclic amines) is 1. The number of benzene rings is 1. The van der Waals surface area contributed by atoms with Gasteiger partial charge in [0.15, 0.2) is 16.1 Å². The topological polar surface area (TPSA) is 117 Å². The van der Waals surface area contributed by atoms with E-state index in [0.717, 1.165) is 0 Å². The molecular weight excluding hydrogens is 451 g/mol. The van der Waals surface area contributed by atoms with Crippen LogP contribution in [0.25, 0.3) is 0 Å². The van der Waals surface area contributed by atoms with Crippen LogP contribution in [0, 0.1) is 11.3 Å². The fourth-order valence-electron chi connectivity index (χ4n) is 3.07. The molecule has 2 amide bonds. The van der Waals surface area contributed by atoms with Gasteiger partial charge in [0.05, 0.1) is 21.2 Å². The van der Waals surface area contributed by atoms with E-state index in [2.05, 4.69) is 5.32 Å². The summed E-state index contributed by atoms with van der Waals surface area (Å²) in [7, 11) is -4.23. The fourth-order valence-corrected chi connectivity index (χ4v) is 5.27. The zero-order valence-electron chi connectivity index (χ0n) is 15.1. The monoisotopic (exact) mass is 465 g/mol. The van der Waals surface area contributed by atoms with Crippen molar-refractivity contribution in [2.45, 2.75) is 47.4 Å². The first-order chi connectivity index (χ1) is 13.9.